The van der Waals surface area contributed by atoms with Gasteiger partial charge in [-0.3, -0.25) is 9.08 Å². The van der Waals surface area contributed by atoms with Crippen molar-refractivity contribution in [1.29, 1.82) is 0 Å². The lowest BCUT2D eigenvalue weighted by molar-refractivity contribution is 0.162. The maximum atomic E-state index is 10.8. The van der Waals surface area contributed by atoms with Crippen molar-refractivity contribution in [2.75, 3.05) is 0 Å². The van der Waals surface area contributed by atoms with E-state index < -0.39 is 23.4 Å². The first-order chi connectivity index (χ1) is 7.17. The summed E-state index contributed by atoms with van der Waals surface area (Å²) in [6, 6.07) is 0. The highest BCUT2D eigenvalue weighted by atomic mass is 32.2. The minimum absolute atomic E-state index is 0.135. The molecule has 0 fully saturated rings. The fourth-order valence-electron chi connectivity index (χ4n) is 1.15. The molecule has 0 aliphatic carbocycles. The predicted octanol–water partition coefficient (Wildman–Crippen LogP) is 1.28. The summed E-state index contributed by atoms with van der Waals surface area (Å²) in [5.41, 5.74) is -1.86. The van der Waals surface area contributed by atoms with Gasteiger partial charge in [0.2, 0.25) is 0 Å². The Morgan fingerprint density at radius 3 is 2.19 bits per heavy atom. The second-order valence-corrected chi connectivity index (χ2v) is 6.14. The Bertz CT molecular complexity index is 333. The fraction of sp³-hybridized carbons (Fsp3) is 1.00. The molecule has 0 saturated carbocycles. The smallest absolute Gasteiger partial charge is 0.303 e. The topological polar surface area (TPSA) is 121 Å². The van der Waals surface area contributed by atoms with Gasteiger partial charge in [0.1, 0.15) is 0 Å². The number of hydrogen-bond donors (Lipinski definition) is 3. The standard InChI is InChI=1S/C7H17O7PS/c1-2-3-4-5-6-7(16(11,12)13)14-15(8,9)10/h7H,2-6H2,1H3,(H2,8,9,10)(H,11,12,13). The number of phosphoric ester groups is 1. The molecule has 0 aliphatic rings. The third-order valence-corrected chi connectivity index (χ3v) is 3.55. The fourth-order valence-corrected chi connectivity index (χ4v) is 2.79. The van der Waals surface area contributed by atoms with E-state index >= 15 is 0 Å². The molecule has 0 aliphatic heterocycles. The van der Waals surface area contributed by atoms with E-state index in [-0.39, 0.29) is 6.42 Å². The Kier molecular flexibility index (Phi) is 6.69. The van der Waals surface area contributed by atoms with Gasteiger partial charge in [-0.2, -0.15) is 8.42 Å². The van der Waals surface area contributed by atoms with Crippen molar-refractivity contribution in [1.82, 2.24) is 0 Å². The average molecular weight is 276 g/mol. The highest BCUT2D eigenvalue weighted by Gasteiger charge is 2.31. The molecule has 0 spiro atoms. The monoisotopic (exact) mass is 276 g/mol. The van der Waals surface area contributed by atoms with E-state index in [0.29, 0.717) is 12.8 Å². The average Bonchev–Trinajstić information content (AvgIpc) is 2.06. The number of hydrogen-bond acceptors (Lipinski definition) is 4. The lowest BCUT2D eigenvalue weighted by atomic mass is 10.2. The Hall–Kier alpha value is 0.0200. The highest BCUT2D eigenvalue weighted by Crippen LogP contribution is 2.39. The normalized spacial score (nSPS) is 15.0. The molecule has 0 aromatic carbocycles. The zero-order valence-electron chi connectivity index (χ0n) is 8.94. The largest absolute Gasteiger partial charge is 0.470 e. The van der Waals surface area contributed by atoms with Crippen LogP contribution in [0.1, 0.15) is 39.0 Å². The summed E-state index contributed by atoms with van der Waals surface area (Å²) in [4.78, 5) is 16.9. The molecule has 7 nitrogen and oxygen atoms in total. The zero-order chi connectivity index (χ0) is 12.8. The van der Waals surface area contributed by atoms with E-state index in [2.05, 4.69) is 4.52 Å². The first kappa shape index (κ1) is 16.0. The molecule has 0 saturated heterocycles. The van der Waals surface area contributed by atoms with Crippen LogP contribution in [-0.2, 0) is 19.2 Å². The molecular weight excluding hydrogens is 259 g/mol. The first-order valence-corrected chi connectivity index (χ1v) is 7.90. The Labute approximate surface area is 94.8 Å². The van der Waals surface area contributed by atoms with Gasteiger partial charge >= 0.3 is 7.82 Å². The zero-order valence-corrected chi connectivity index (χ0v) is 10.7. The number of phosphoric acid groups is 1. The van der Waals surface area contributed by atoms with Gasteiger partial charge in [-0.25, -0.2) is 4.57 Å². The van der Waals surface area contributed by atoms with Gasteiger partial charge in [0.05, 0.1) is 0 Å². The van der Waals surface area contributed by atoms with Crippen molar-refractivity contribution in [3.63, 3.8) is 0 Å². The lowest BCUT2D eigenvalue weighted by Crippen LogP contribution is -2.22. The van der Waals surface area contributed by atoms with E-state index in [9.17, 15) is 13.0 Å². The van der Waals surface area contributed by atoms with Gasteiger partial charge in [0.15, 0.2) is 5.44 Å². The van der Waals surface area contributed by atoms with Crippen LogP contribution in [0.25, 0.3) is 0 Å². The molecule has 0 bridgehead atoms. The van der Waals surface area contributed by atoms with E-state index in [1.54, 1.807) is 0 Å². The molecule has 98 valence electrons. The quantitative estimate of drug-likeness (QED) is 0.347. The third-order valence-electron chi connectivity index (χ3n) is 1.88. The van der Waals surface area contributed by atoms with Crippen molar-refractivity contribution in [2.24, 2.45) is 0 Å². The van der Waals surface area contributed by atoms with Gasteiger partial charge in [-0.05, 0) is 12.8 Å². The number of rotatable bonds is 8. The molecular formula is C7H17O7PS. The number of unbranched alkanes of at least 4 members (excludes halogenated alkanes) is 3. The van der Waals surface area contributed by atoms with Gasteiger partial charge in [0.25, 0.3) is 10.1 Å². The SMILES string of the molecule is CCCCCCC(OP(=O)(O)O)S(=O)(=O)O. The van der Waals surface area contributed by atoms with Crippen LogP contribution in [0.3, 0.4) is 0 Å². The van der Waals surface area contributed by atoms with Crippen LogP contribution in [0, 0.1) is 0 Å². The molecule has 9 heteroatoms. The van der Waals surface area contributed by atoms with Gasteiger partial charge in [-0.15, -0.1) is 0 Å². The van der Waals surface area contributed by atoms with Crippen molar-refractivity contribution < 1.29 is 31.8 Å². The van der Waals surface area contributed by atoms with Crippen LogP contribution in [0.2, 0.25) is 0 Å². The van der Waals surface area contributed by atoms with Crippen LogP contribution in [0.5, 0.6) is 0 Å². The predicted molar refractivity (Wildman–Crippen MR) is 57.2 cm³/mol. The molecule has 0 radical (unpaired) electrons. The second-order valence-electron chi connectivity index (χ2n) is 3.39. The maximum absolute atomic E-state index is 10.8. The Morgan fingerprint density at radius 2 is 1.81 bits per heavy atom. The van der Waals surface area contributed by atoms with Crippen LogP contribution < -0.4 is 0 Å². The lowest BCUT2D eigenvalue weighted by Gasteiger charge is -2.14. The minimum atomic E-state index is -4.91. The second kappa shape index (κ2) is 6.68. The molecule has 1 atom stereocenters. The molecule has 16 heavy (non-hydrogen) atoms. The summed E-state index contributed by atoms with van der Waals surface area (Å²) in [6.45, 7) is 1.96. The van der Waals surface area contributed by atoms with E-state index in [4.69, 9.17) is 14.3 Å². The molecule has 0 aromatic rings. The molecule has 0 heterocycles. The van der Waals surface area contributed by atoms with E-state index in [1.165, 1.54) is 0 Å². The molecule has 0 rings (SSSR count). The van der Waals surface area contributed by atoms with Crippen LogP contribution >= 0.6 is 7.82 Å². The van der Waals surface area contributed by atoms with Gasteiger partial charge in [0, 0.05) is 0 Å². The summed E-state index contributed by atoms with van der Waals surface area (Å²) in [5.74, 6) is 0. The summed E-state index contributed by atoms with van der Waals surface area (Å²) in [6.07, 6.45) is 2.82. The van der Waals surface area contributed by atoms with Crippen LogP contribution in [0.4, 0.5) is 0 Å². The van der Waals surface area contributed by atoms with Gasteiger partial charge < -0.3 is 9.79 Å². The minimum Gasteiger partial charge on any atom is -0.303 e. The van der Waals surface area contributed by atoms with Crippen LogP contribution in [-0.4, -0.2) is 28.2 Å². The summed E-state index contributed by atoms with van der Waals surface area (Å²) < 4.78 is 44.7. The first-order valence-electron chi connectivity index (χ1n) is 4.87. The van der Waals surface area contributed by atoms with Crippen molar-refractivity contribution in [3.05, 3.63) is 0 Å². The summed E-state index contributed by atoms with van der Waals surface area (Å²) in [7, 11) is -9.51. The van der Waals surface area contributed by atoms with E-state index in [0.717, 1.165) is 12.8 Å². The van der Waals surface area contributed by atoms with E-state index in [1.807, 2.05) is 6.92 Å². The van der Waals surface area contributed by atoms with Crippen molar-refractivity contribution >= 4 is 17.9 Å². The molecule has 3 N–H and O–H groups in total. The van der Waals surface area contributed by atoms with Crippen LogP contribution in [0.15, 0.2) is 0 Å². The highest BCUT2D eigenvalue weighted by molar-refractivity contribution is 7.86. The molecule has 0 amide bonds. The molecule has 0 aromatic heterocycles. The maximum Gasteiger partial charge on any atom is 0.470 e. The Balaban J connectivity index is 4.30. The summed E-state index contributed by atoms with van der Waals surface area (Å²) >= 11 is 0. The summed E-state index contributed by atoms with van der Waals surface area (Å²) in [5, 5.41) is 0. The van der Waals surface area contributed by atoms with Crippen molar-refractivity contribution in [3.8, 4) is 0 Å². The van der Waals surface area contributed by atoms with Crippen molar-refractivity contribution in [2.45, 2.75) is 44.5 Å². The van der Waals surface area contributed by atoms with Gasteiger partial charge in [-0.1, -0.05) is 26.2 Å². The molecule has 1 unspecified atom stereocenters. The Morgan fingerprint density at radius 1 is 1.25 bits per heavy atom. The third kappa shape index (κ3) is 8.20.